The Hall–Kier alpha value is -1.33. The molecule has 1 heterocycles. The number of carbonyl (C=O) groups is 1. The van der Waals surface area contributed by atoms with E-state index in [1.807, 2.05) is 0 Å². The van der Waals surface area contributed by atoms with Crippen LogP contribution in [0.3, 0.4) is 0 Å². The maximum atomic E-state index is 11.9. The highest BCUT2D eigenvalue weighted by molar-refractivity contribution is 6.35. The molecule has 1 aliphatic heterocycles. The number of benzene rings is 1. The largest absolute Gasteiger partial charge is 0.503 e. The minimum Gasteiger partial charge on any atom is -0.503 e. The first-order chi connectivity index (χ1) is 12.7. The van der Waals surface area contributed by atoms with Crippen LogP contribution >= 0.6 is 23.2 Å². The van der Waals surface area contributed by atoms with E-state index in [2.05, 4.69) is 0 Å². The van der Waals surface area contributed by atoms with Crippen LogP contribution in [-0.2, 0) is 14.3 Å². The minimum absolute atomic E-state index is 0.0273. The number of aromatic hydroxyl groups is 1. The first-order valence-electron chi connectivity index (χ1n) is 8.05. The Kier molecular flexibility index (Phi) is 7.92. The van der Waals surface area contributed by atoms with Crippen LogP contribution in [0.25, 0.3) is 0 Å². The molecule has 0 aliphatic carbocycles. The van der Waals surface area contributed by atoms with Crippen molar-refractivity contribution in [1.82, 2.24) is 0 Å². The number of halogens is 2. The molecule has 0 spiro atoms. The third-order valence-electron chi connectivity index (χ3n) is 3.87. The zero-order chi connectivity index (χ0) is 20.1. The molecule has 5 N–H and O–H groups in total. The highest BCUT2D eigenvalue weighted by Gasteiger charge is 2.45. The molecule has 1 aromatic carbocycles. The lowest BCUT2D eigenvalue weighted by molar-refractivity contribution is -0.292. The van der Waals surface area contributed by atoms with Gasteiger partial charge < -0.3 is 39.7 Å². The highest BCUT2D eigenvalue weighted by Crippen LogP contribution is 2.36. The van der Waals surface area contributed by atoms with Gasteiger partial charge in [-0.3, -0.25) is 4.79 Å². The molecular formula is C16H20Cl2O9. The lowest BCUT2D eigenvalue weighted by atomic mass is 9.99. The Bertz CT molecular complexity index is 655. The molecule has 152 valence electrons. The number of ether oxygens (including phenoxy) is 3. The number of aliphatic hydroxyl groups is 4. The number of esters is 1. The van der Waals surface area contributed by atoms with Crippen molar-refractivity contribution in [1.29, 1.82) is 0 Å². The quantitative estimate of drug-likeness (QED) is 0.304. The average molecular weight is 427 g/mol. The van der Waals surface area contributed by atoms with Gasteiger partial charge in [0, 0.05) is 17.5 Å². The first kappa shape index (κ1) is 22.0. The number of phenols is 1. The summed E-state index contributed by atoms with van der Waals surface area (Å²) in [5, 5.41) is 48.2. The topological polar surface area (TPSA) is 146 Å². The molecule has 0 bridgehead atoms. The van der Waals surface area contributed by atoms with Gasteiger partial charge in [0.25, 0.3) is 0 Å². The normalized spacial score (nSPS) is 28.0. The molecule has 1 aromatic rings. The van der Waals surface area contributed by atoms with Crippen molar-refractivity contribution in [2.45, 2.75) is 43.5 Å². The molecule has 2 rings (SSSR count). The fraction of sp³-hybridized carbons (Fsp3) is 0.562. The lowest BCUT2D eigenvalue weighted by Crippen LogP contribution is -2.59. The van der Waals surface area contributed by atoms with Crippen molar-refractivity contribution in [3.05, 3.63) is 22.2 Å². The molecule has 5 atom stereocenters. The van der Waals surface area contributed by atoms with E-state index in [-0.39, 0.29) is 41.0 Å². The van der Waals surface area contributed by atoms with Gasteiger partial charge >= 0.3 is 5.97 Å². The van der Waals surface area contributed by atoms with Crippen LogP contribution in [0, 0.1) is 0 Å². The van der Waals surface area contributed by atoms with Crippen LogP contribution in [0.1, 0.15) is 12.8 Å². The molecule has 0 saturated carbocycles. The van der Waals surface area contributed by atoms with E-state index >= 15 is 0 Å². The fourth-order valence-corrected chi connectivity index (χ4v) is 2.88. The van der Waals surface area contributed by atoms with Crippen molar-refractivity contribution in [2.75, 3.05) is 13.2 Å². The summed E-state index contributed by atoms with van der Waals surface area (Å²) >= 11 is 11.6. The van der Waals surface area contributed by atoms with Crippen LogP contribution in [0.5, 0.6) is 11.5 Å². The Labute approximate surface area is 164 Å². The van der Waals surface area contributed by atoms with Crippen LogP contribution in [0.2, 0.25) is 10.0 Å². The fourth-order valence-electron chi connectivity index (χ4n) is 2.40. The number of hydrogen-bond donors (Lipinski definition) is 5. The summed E-state index contributed by atoms with van der Waals surface area (Å²) in [4.78, 5) is 11.9. The summed E-state index contributed by atoms with van der Waals surface area (Å²) in [5.41, 5.74) is 0. The Morgan fingerprint density at radius 1 is 1.15 bits per heavy atom. The summed E-state index contributed by atoms with van der Waals surface area (Å²) < 4.78 is 15.3. The van der Waals surface area contributed by atoms with Gasteiger partial charge in [0.2, 0.25) is 6.29 Å². The third-order valence-corrected chi connectivity index (χ3v) is 4.38. The number of rotatable bonds is 7. The van der Waals surface area contributed by atoms with Crippen molar-refractivity contribution < 1.29 is 44.5 Å². The molecule has 0 radical (unpaired) electrons. The first-order valence-corrected chi connectivity index (χ1v) is 8.81. The smallest absolute Gasteiger partial charge is 0.308 e. The van der Waals surface area contributed by atoms with E-state index in [4.69, 9.17) is 42.5 Å². The van der Waals surface area contributed by atoms with Gasteiger partial charge in [-0.25, -0.2) is 0 Å². The summed E-state index contributed by atoms with van der Waals surface area (Å²) in [7, 11) is 0. The molecule has 9 nitrogen and oxygen atoms in total. The van der Waals surface area contributed by atoms with E-state index in [0.717, 1.165) is 0 Å². The van der Waals surface area contributed by atoms with Gasteiger partial charge in [0.05, 0.1) is 18.2 Å². The maximum absolute atomic E-state index is 11.9. The van der Waals surface area contributed by atoms with Gasteiger partial charge in [-0.2, -0.15) is 0 Å². The molecule has 0 unspecified atom stereocenters. The van der Waals surface area contributed by atoms with E-state index in [1.165, 1.54) is 12.1 Å². The maximum Gasteiger partial charge on any atom is 0.308 e. The molecule has 0 aromatic heterocycles. The standard InChI is InChI=1S/C16H20Cl2O9/c17-7-4-8(18)12(21)9(5-7)25-3-1-2-11(20)27-16-15(24)14(23)13(22)10(6-19)26-16/h4-5,10,13-16,19,21-24H,1-3,6H2/t10-,13-,14+,15-,16-/m1/s1. The summed E-state index contributed by atoms with van der Waals surface area (Å²) in [5.74, 6) is -0.962. The molecule has 1 fully saturated rings. The third kappa shape index (κ3) is 5.58. The Balaban J connectivity index is 1.79. The molecule has 1 aliphatic rings. The summed E-state index contributed by atoms with van der Waals surface area (Å²) in [6.07, 6.45) is -7.44. The van der Waals surface area contributed by atoms with Crippen LogP contribution < -0.4 is 4.74 Å². The second kappa shape index (κ2) is 9.74. The average Bonchev–Trinajstić information content (AvgIpc) is 2.63. The van der Waals surface area contributed by atoms with Crippen molar-refractivity contribution >= 4 is 29.2 Å². The number of hydrogen-bond acceptors (Lipinski definition) is 9. The molecule has 0 amide bonds. The SMILES string of the molecule is O=C(CCCOc1cc(Cl)cc(Cl)c1O)O[C@H]1O[C@H](CO)[C@@H](O)[C@H](O)[C@H]1O. The van der Waals surface area contributed by atoms with Crippen LogP contribution in [0.15, 0.2) is 12.1 Å². The van der Waals surface area contributed by atoms with Crippen molar-refractivity contribution in [3.63, 3.8) is 0 Å². The monoisotopic (exact) mass is 426 g/mol. The van der Waals surface area contributed by atoms with Crippen molar-refractivity contribution in [3.8, 4) is 11.5 Å². The number of carbonyl (C=O) groups excluding carboxylic acids is 1. The van der Waals surface area contributed by atoms with Gasteiger partial charge in [-0.15, -0.1) is 0 Å². The Morgan fingerprint density at radius 2 is 1.85 bits per heavy atom. The van der Waals surface area contributed by atoms with Gasteiger partial charge in [-0.05, 0) is 12.5 Å². The van der Waals surface area contributed by atoms with E-state index in [1.54, 1.807) is 0 Å². The molecule has 11 heteroatoms. The predicted octanol–water partition coefficient (Wildman–Crippen LogP) is 0.201. The Morgan fingerprint density at radius 3 is 2.52 bits per heavy atom. The molecule has 1 saturated heterocycles. The molecular weight excluding hydrogens is 407 g/mol. The van der Waals surface area contributed by atoms with Crippen LogP contribution in [0.4, 0.5) is 0 Å². The second-order valence-electron chi connectivity index (χ2n) is 5.87. The summed E-state index contributed by atoms with van der Waals surface area (Å²) in [6, 6.07) is 2.72. The van der Waals surface area contributed by atoms with Gasteiger partial charge in [0.15, 0.2) is 11.5 Å². The zero-order valence-electron chi connectivity index (χ0n) is 14.0. The number of phenolic OH excluding ortho intramolecular Hbond substituents is 1. The van der Waals surface area contributed by atoms with Gasteiger partial charge in [0.1, 0.15) is 24.4 Å². The van der Waals surface area contributed by atoms with Crippen molar-refractivity contribution in [2.24, 2.45) is 0 Å². The zero-order valence-corrected chi connectivity index (χ0v) is 15.5. The summed E-state index contributed by atoms with van der Waals surface area (Å²) in [6.45, 7) is -0.591. The lowest BCUT2D eigenvalue weighted by Gasteiger charge is -2.39. The van der Waals surface area contributed by atoms with E-state index < -0.39 is 43.3 Å². The van der Waals surface area contributed by atoms with Crippen LogP contribution in [-0.4, -0.2) is 75.4 Å². The number of aliphatic hydroxyl groups excluding tert-OH is 4. The highest BCUT2D eigenvalue weighted by atomic mass is 35.5. The van der Waals surface area contributed by atoms with E-state index in [9.17, 15) is 25.2 Å². The minimum atomic E-state index is -1.66. The van der Waals surface area contributed by atoms with Gasteiger partial charge in [-0.1, -0.05) is 23.2 Å². The predicted molar refractivity (Wildman–Crippen MR) is 92.7 cm³/mol. The van der Waals surface area contributed by atoms with E-state index in [0.29, 0.717) is 0 Å². The second-order valence-corrected chi connectivity index (χ2v) is 6.72. The molecule has 27 heavy (non-hydrogen) atoms.